The third-order valence-corrected chi connectivity index (χ3v) is 4.40. The molecule has 0 spiro atoms. The number of nitrogens with zero attached hydrogens (tertiary/aromatic N) is 1. The lowest BCUT2D eigenvalue weighted by molar-refractivity contribution is -0.149. The van der Waals surface area contributed by atoms with Gasteiger partial charge in [-0.05, 0) is 32.4 Å². The highest BCUT2D eigenvalue weighted by molar-refractivity contribution is 5.93. The Balaban J connectivity index is 1.94. The second-order valence-corrected chi connectivity index (χ2v) is 7.30. The normalized spacial score (nSPS) is 17.0. The molecule has 29 heavy (non-hydrogen) atoms. The Hall–Kier alpha value is -2.61. The van der Waals surface area contributed by atoms with Gasteiger partial charge in [-0.25, -0.2) is 0 Å². The van der Waals surface area contributed by atoms with Crippen LogP contribution in [0.25, 0.3) is 0 Å². The number of anilines is 1. The van der Waals surface area contributed by atoms with Crippen molar-refractivity contribution in [2.24, 2.45) is 0 Å². The van der Waals surface area contributed by atoms with E-state index in [0.29, 0.717) is 31.1 Å². The van der Waals surface area contributed by atoms with Crippen molar-refractivity contribution in [1.82, 2.24) is 10.2 Å². The van der Waals surface area contributed by atoms with Gasteiger partial charge >= 0.3 is 5.97 Å². The Bertz CT molecular complexity index is 707. The van der Waals surface area contributed by atoms with Gasteiger partial charge in [0.2, 0.25) is 11.8 Å². The fraction of sp³-hybridized carbons (Fsp3) is 0.571. The van der Waals surface area contributed by atoms with Crippen LogP contribution in [0.5, 0.6) is 5.75 Å². The minimum Gasteiger partial charge on any atom is -0.491 e. The zero-order valence-corrected chi connectivity index (χ0v) is 17.4. The second-order valence-electron chi connectivity index (χ2n) is 7.30. The minimum atomic E-state index is -0.709. The first kappa shape index (κ1) is 22.7. The molecule has 2 N–H and O–H groups in total. The number of esters is 1. The van der Waals surface area contributed by atoms with Gasteiger partial charge in [-0.15, -0.1) is 0 Å². The van der Waals surface area contributed by atoms with E-state index in [1.807, 2.05) is 26.8 Å². The van der Waals surface area contributed by atoms with Crippen LogP contribution in [0, 0.1) is 0 Å². The molecule has 2 rings (SSSR count). The number of unbranched alkanes of at least 4 members (excludes halogenated alkanes) is 1. The molecule has 1 unspecified atom stereocenters. The SMILES string of the molecule is CCCCOC(=O)CC1C(=O)NCCN1CC(=O)Nc1cccc(OC(C)C)c1. The van der Waals surface area contributed by atoms with E-state index in [0.717, 1.165) is 12.8 Å². The van der Waals surface area contributed by atoms with Crippen LogP contribution in [0.1, 0.15) is 40.0 Å². The monoisotopic (exact) mass is 405 g/mol. The fourth-order valence-corrected chi connectivity index (χ4v) is 3.02. The van der Waals surface area contributed by atoms with Gasteiger partial charge in [0, 0.05) is 24.8 Å². The molecule has 1 heterocycles. The molecule has 0 radical (unpaired) electrons. The Morgan fingerprint density at radius 2 is 2.14 bits per heavy atom. The molecule has 2 amide bonds. The average molecular weight is 405 g/mol. The van der Waals surface area contributed by atoms with E-state index in [4.69, 9.17) is 9.47 Å². The highest BCUT2D eigenvalue weighted by Gasteiger charge is 2.33. The molecule has 1 aromatic carbocycles. The molecular weight excluding hydrogens is 374 g/mol. The summed E-state index contributed by atoms with van der Waals surface area (Å²) in [6, 6.07) is 6.45. The molecule has 1 atom stereocenters. The van der Waals surface area contributed by atoms with E-state index in [1.54, 1.807) is 23.1 Å². The lowest BCUT2D eigenvalue weighted by Crippen LogP contribution is -2.57. The molecule has 0 bridgehead atoms. The van der Waals surface area contributed by atoms with E-state index in [-0.39, 0.29) is 30.9 Å². The maximum absolute atomic E-state index is 12.5. The molecule has 1 saturated heterocycles. The third kappa shape index (κ3) is 7.73. The first-order chi connectivity index (χ1) is 13.9. The lowest BCUT2D eigenvalue weighted by Gasteiger charge is -2.33. The highest BCUT2D eigenvalue weighted by Crippen LogP contribution is 2.19. The maximum atomic E-state index is 12.5. The van der Waals surface area contributed by atoms with Crippen molar-refractivity contribution in [1.29, 1.82) is 0 Å². The highest BCUT2D eigenvalue weighted by atomic mass is 16.5. The smallest absolute Gasteiger partial charge is 0.307 e. The summed E-state index contributed by atoms with van der Waals surface area (Å²) in [4.78, 5) is 38.5. The van der Waals surface area contributed by atoms with Gasteiger partial charge in [0.05, 0.1) is 25.7 Å². The summed E-state index contributed by atoms with van der Waals surface area (Å²) >= 11 is 0. The Labute approximate surface area is 171 Å². The van der Waals surface area contributed by atoms with Crippen molar-refractivity contribution in [3.05, 3.63) is 24.3 Å². The summed E-state index contributed by atoms with van der Waals surface area (Å²) in [5, 5.41) is 5.57. The van der Waals surface area contributed by atoms with E-state index in [2.05, 4.69) is 10.6 Å². The van der Waals surface area contributed by atoms with Crippen LogP contribution in [0.4, 0.5) is 5.69 Å². The third-order valence-electron chi connectivity index (χ3n) is 4.40. The number of hydrogen-bond acceptors (Lipinski definition) is 6. The molecule has 1 aliphatic heterocycles. The van der Waals surface area contributed by atoms with Gasteiger partial charge in [-0.1, -0.05) is 19.4 Å². The molecule has 8 heteroatoms. The number of rotatable bonds is 10. The molecule has 160 valence electrons. The molecule has 1 aromatic rings. The van der Waals surface area contributed by atoms with E-state index >= 15 is 0 Å². The van der Waals surface area contributed by atoms with Crippen molar-refractivity contribution < 1.29 is 23.9 Å². The summed E-state index contributed by atoms with van der Waals surface area (Å²) in [5.74, 6) is -0.276. The van der Waals surface area contributed by atoms with Gasteiger partial charge in [0.1, 0.15) is 11.8 Å². The molecule has 0 aliphatic carbocycles. The average Bonchev–Trinajstić information content (AvgIpc) is 2.64. The van der Waals surface area contributed by atoms with E-state index in [9.17, 15) is 14.4 Å². The predicted octanol–water partition coefficient (Wildman–Crippen LogP) is 1.95. The number of hydrogen-bond donors (Lipinski definition) is 2. The van der Waals surface area contributed by atoms with Crippen LogP contribution in [0.15, 0.2) is 24.3 Å². The van der Waals surface area contributed by atoms with Gasteiger partial charge < -0.3 is 20.1 Å². The van der Waals surface area contributed by atoms with Crippen molar-refractivity contribution in [3.63, 3.8) is 0 Å². The molecule has 1 fully saturated rings. The number of nitrogens with one attached hydrogen (secondary N) is 2. The first-order valence-electron chi connectivity index (χ1n) is 10.1. The van der Waals surface area contributed by atoms with Crippen LogP contribution in [-0.4, -0.2) is 61.1 Å². The number of piperazine rings is 1. The van der Waals surface area contributed by atoms with Crippen molar-refractivity contribution in [2.45, 2.75) is 52.2 Å². The summed E-state index contributed by atoms with van der Waals surface area (Å²) in [6.07, 6.45) is 1.67. The molecular formula is C21H31N3O5. The number of ether oxygens (including phenoxy) is 2. The molecule has 1 aliphatic rings. The second kappa shape index (κ2) is 11.4. The molecule has 0 saturated carbocycles. The van der Waals surface area contributed by atoms with Crippen molar-refractivity contribution in [3.8, 4) is 5.75 Å². The van der Waals surface area contributed by atoms with Crippen molar-refractivity contribution >= 4 is 23.5 Å². The number of amides is 2. The number of carbonyl (C=O) groups excluding carboxylic acids is 3. The van der Waals surface area contributed by atoms with Gasteiger partial charge in [-0.2, -0.15) is 0 Å². The zero-order valence-electron chi connectivity index (χ0n) is 17.4. The number of carbonyl (C=O) groups is 3. The Morgan fingerprint density at radius 1 is 1.34 bits per heavy atom. The van der Waals surface area contributed by atoms with Gasteiger partial charge in [0.15, 0.2) is 0 Å². The number of benzene rings is 1. The van der Waals surface area contributed by atoms with Crippen LogP contribution < -0.4 is 15.4 Å². The van der Waals surface area contributed by atoms with Crippen molar-refractivity contribution in [2.75, 3.05) is 31.6 Å². The molecule has 0 aromatic heterocycles. The van der Waals surface area contributed by atoms with Crippen LogP contribution in [0.2, 0.25) is 0 Å². The Kier molecular flexibility index (Phi) is 8.92. The van der Waals surface area contributed by atoms with E-state index < -0.39 is 12.0 Å². The largest absolute Gasteiger partial charge is 0.491 e. The predicted molar refractivity (Wildman–Crippen MR) is 110 cm³/mol. The standard InChI is InChI=1S/C21H31N3O5/c1-4-5-11-28-20(26)13-18-21(27)22-9-10-24(18)14-19(25)23-16-7-6-8-17(12-16)29-15(2)3/h6-8,12,15,18H,4-5,9-11,13-14H2,1-3H3,(H,22,27)(H,23,25). The quantitative estimate of drug-likeness (QED) is 0.456. The topological polar surface area (TPSA) is 97.0 Å². The van der Waals surface area contributed by atoms with Gasteiger partial charge in [-0.3, -0.25) is 19.3 Å². The maximum Gasteiger partial charge on any atom is 0.307 e. The summed E-state index contributed by atoms with van der Waals surface area (Å²) in [7, 11) is 0. The van der Waals surface area contributed by atoms with E-state index in [1.165, 1.54) is 0 Å². The van der Waals surface area contributed by atoms with Crippen LogP contribution in [-0.2, 0) is 19.1 Å². The first-order valence-corrected chi connectivity index (χ1v) is 10.1. The summed E-state index contributed by atoms with van der Waals surface area (Å²) in [6.45, 7) is 7.15. The van der Waals surface area contributed by atoms with Crippen LogP contribution >= 0.6 is 0 Å². The molecule has 8 nitrogen and oxygen atoms in total. The van der Waals surface area contributed by atoms with Crippen LogP contribution in [0.3, 0.4) is 0 Å². The zero-order chi connectivity index (χ0) is 21.2. The fourth-order valence-electron chi connectivity index (χ4n) is 3.02. The minimum absolute atomic E-state index is 0.00952. The lowest BCUT2D eigenvalue weighted by atomic mass is 10.1. The van der Waals surface area contributed by atoms with Gasteiger partial charge in [0.25, 0.3) is 0 Å². The summed E-state index contributed by atoms with van der Waals surface area (Å²) < 4.78 is 10.8. The summed E-state index contributed by atoms with van der Waals surface area (Å²) in [5.41, 5.74) is 0.616. The Morgan fingerprint density at radius 3 is 2.86 bits per heavy atom.